The van der Waals surface area contributed by atoms with Crippen LogP contribution in [0.4, 0.5) is 10.6 Å². The summed E-state index contributed by atoms with van der Waals surface area (Å²) in [6.07, 6.45) is 0.920. The number of hydrogen-bond acceptors (Lipinski definition) is 4. The van der Waals surface area contributed by atoms with Gasteiger partial charge in [0.25, 0.3) is 0 Å². The van der Waals surface area contributed by atoms with E-state index in [1.807, 2.05) is 31.1 Å². The molecule has 2 aromatic rings. The van der Waals surface area contributed by atoms with Crippen molar-refractivity contribution < 1.29 is 9.90 Å². The summed E-state index contributed by atoms with van der Waals surface area (Å²) in [5.41, 5.74) is 1.64. The molecule has 0 aliphatic heterocycles. The Bertz CT molecular complexity index is 677. The first-order valence-electron chi connectivity index (χ1n) is 7.53. The van der Waals surface area contributed by atoms with Crippen LogP contribution in [0.3, 0.4) is 0 Å². The minimum absolute atomic E-state index is 0.118. The number of pyridine rings is 1. The Balaban J connectivity index is 1.79. The number of halogens is 1. The summed E-state index contributed by atoms with van der Waals surface area (Å²) in [5, 5.41) is 16.0. The number of aliphatic hydroxyl groups excluding tert-OH is 1. The lowest BCUT2D eigenvalue weighted by atomic mass is 10.1. The third kappa shape index (κ3) is 5.40. The second kappa shape index (κ2) is 8.52. The Morgan fingerprint density at radius 3 is 2.62 bits per heavy atom. The number of nitrogens with zero attached hydrogens (tertiary/aromatic N) is 2. The van der Waals surface area contributed by atoms with E-state index in [1.54, 1.807) is 30.5 Å². The average Bonchev–Trinajstić information content (AvgIpc) is 2.58. The maximum absolute atomic E-state index is 11.8. The second-order valence-corrected chi connectivity index (χ2v) is 5.98. The number of carbonyl (C=O) groups is 1. The Labute approximate surface area is 146 Å². The van der Waals surface area contributed by atoms with Crippen LogP contribution in [0.1, 0.15) is 17.2 Å². The van der Waals surface area contributed by atoms with Crippen LogP contribution in [0.25, 0.3) is 0 Å². The molecule has 3 N–H and O–H groups in total. The maximum Gasteiger partial charge on any atom is 0.315 e. The molecule has 0 radical (unpaired) electrons. The highest BCUT2D eigenvalue weighted by Gasteiger charge is 2.09. The zero-order chi connectivity index (χ0) is 17.5. The number of hydrogen-bond donors (Lipinski definition) is 3. The predicted octanol–water partition coefficient (Wildman–Crippen LogP) is 2.33. The predicted molar refractivity (Wildman–Crippen MR) is 95.2 cm³/mol. The summed E-state index contributed by atoms with van der Waals surface area (Å²) in [6.45, 7) is 0.499. The van der Waals surface area contributed by atoms with Gasteiger partial charge in [-0.25, -0.2) is 9.78 Å². The molecule has 0 aliphatic carbocycles. The summed E-state index contributed by atoms with van der Waals surface area (Å²) < 4.78 is 0. The van der Waals surface area contributed by atoms with Crippen LogP contribution in [-0.4, -0.2) is 36.8 Å². The Morgan fingerprint density at radius 1 is 1.25 bits per heavy atom. The molecule has 0 aliphatic rings. The minimum Gasteiger partial charge on any atom is -0.387 e. The van der Waals surface area contributed by atoms with Crippen LogP contribution in [0.15, 0.2) is 42.6 Å². The van der Waals surface area contributed by atoms with Crippen LogP contribution >= 0.6 is 11.6 Å². The van der Waals surface area contributed by atoms with E-state index >= 15 is 0 Å². The highest BCUT2D eigenvalue weighted by atomic mass is 35.5. The van der Waals surface area contributed by atoms with Crippen molar-refractivity contribution in [2.45, 2.75) is 12.6 Å². The van der Waals surface area contributed by atoms with E-state index in [0.717, 1.165) is 11.4 Å². The first-order chi connectivity index (χ1) is 11.5. The van der Waals surface area contributed by atoms with Gasteiger partial charge in [0, 0.05) is 38.4 Å². The van der Waals surface area contributed by atoms with Gasteiger partial charge in [-0.1, -0.05) is 23.7 Å². The van der Waals surface area contributed by atoms with E-state index in [4.69, 9.17) is 11.6 Å². The summed E-state index contributed by atoms with van der Waals surface area (Å²) in [5.74, 6) is 0.827. The zero-order valence-electron chi connectivity index (χ0n) is 13.7. The Morgan fingerprint density at radius 2 is 1.96 bits per heavy atom. The molecule has 2 amide bonds. The number of benzene rings is 1. The van der Waals surface area contributed by atoms with Crippen molar-refractivity contribution in [1.29, 1.82) is 0 Å². The molecule has 1 heterocycles. The van der Waals surface area contributed by atoms with Gasteiger partial charge >= 0.3 is 6.03 Å². The van der Waals surface area contributed by atoms with E-state index in [-0.39, 0.29) is 12.6 Å². The molecule has 0 unspecified atom stereocenters. The maximum atomic E-state index is 11.8. The van der Waals surface area contributed by atoms with Crippen LogP contribution in [-0.2, 0) is 6.54 Å². The molecular formula is C17H21ClN4O2. The Kier molecular flexibility index (Phi) is 6.40. The van der Waals surface area contributed by atoms with Gasteiger partial charge in [0.05, 0.1) is 6.10 Å². The molecule has 0 fully saturated rings. The number of aliphatic hydroxyl groups is 1. The van der Waals surface area contributed by atoms with Gasteiger partial charge in [0.1, 0.15) is 5.82 Å². The van der Waals surface area contributed by atoms with Crippen LogP contribution < -0.4 is 15.5 Å². The van der Waals surface area contributed by atoms with Crippen molar-refractivity contribution in [3.05, 3.63) is 58.7 Å². The molecule has 0 bridgehead atoms. The highest BCUT2D eigenvalue weighted by Crippen LogP contribution is 2.15. The van der Waals surface area contributed by atoms with Gasteiger partial charge in [0.15, 0.2) is 0 Å². The number of amides is 2. The summed E-state index contributed by atoms with van der Waals surface area (Å²) >= 11 is 5.81. The quantitative estimate of drug-likeness (QED) is 0.748. The molecule has 1 atom stereocenters. The third-order valence-electron chi connectivity index (χ3n) is 3.43. The number of nitrogens with one attached hydrogen (secondary N) is 2. The van der Waals surface area contributed by atoms with Crippen molar-refractivity contribution in [3.8, 4) is 0 Å². The normalized spacial score (nSPS) is 11.7. The van der Waals surface area contributed by atoms with Crippen LogP contribution in [0.2, 0.25) is 5.02 Å². The molecule has 0 saturated carbocycles. The van der Waals surface area contributed by atoms with Crippen molar-refractivity contribution in [2.75, 3.05) is 25.5 Å². The third-order valence-corrected chi connectivity index (χ3v) is 3.68. The van der Waals surface area contributed by atoms with E-state index in [0.29, 0.717) is 17.1 Å². The van der Waals surface area contributed by atoms with Crippen LogP contribution in [0.5, 0.6) is 0 Å². The van der Waals surface area contributed by atoms with Gasteiger partial charge in [-0.3, -0.25) is 0 Å². The lowest BCUT2D eigenvalue weighted by molar-refractivity contribution is 0.173. The first-order valence-corrected chi connectivity index (χ1v) is 7.91. The largest absolute Gasteiger partial charge is 0.387 e. The monoisotopic (exact) mass is 348 g/mol. The van der Waals surface area contributed by atoms with Crippen LogP contribution in [0, 0.1) is 0 Å². The van der Waals surface area contributed by atoms with Crippen molar-refractivity contribution in [2.24, 2.45) is 0 Å². The molecule has 1 aromatic carbocycles. The standard InChI is InChI=1S/C17H21ClN4O2/c1-22(2)16-9-12(7-8-19-16)10-20-17(24)21-11-15(23)13-3-5-14(18)6-4-13/h3-9,15,23H,10-11H2,1-2H3,(H2,20,21,24)/t15-/m1/s1. The van der Waals surface area contributed by atoms with E-state index in [1.165, 1.54) is 0 Å². The molecule has 2 rings (SSSR count). The number of urea groups is 1. The van der Waals surface area contributed by atoms with Crippen molar-refractivity contribution >= 4 is 23.4 Å². The lowest BCUT2D eigenvalue weighted by Crippen LogP contribution is -2.37. The average molecular weight is 349 g/mol. The van der Waals surface area contributed by atoms with E-state index in [9.17, 15) is 9.90 Å². The lowest BCUT2D eigenvalue weighted by Gasteiger charge is -2.14. The van der Waals surface area contributed by atoms with Gasteiger partial charge in [-0.05, 0) is 35.4 Å². The topological polar surface area (TPSA) is 77.5 Å². The smallest absolute Gasteiger partial charge is 0.315 e. The second-order valence-electron chi connectivity index (χ2n) is 5.55. The van der Waals surface area contributed by atoms with Gasteiger partial charge in [-0.2, -0.15) is 0 Å². The number of carbonyl (C=O) groups excluding carboxylic acids is 1. The minimum atomic E-state index is -0.783. The van der Waals surface area contributed by atoms with Gasteiger partial charge < -0.3 is 20.6 Å². The van der Waals surface area contributed by atoms with Gasteiger partial charge in [-0.15, -0.1) is 0 Å². The fourth-order valence-corrected chi connectivity index (χ4v) is 2.18. The molecule has 128 valence electrons. The Hall–Kier alpha value is -2.31. The summed E-state index contributed by atoms with van der Waals surface area (Å²) in [4.78, 5) is 18.0. The summed E-state index contributed by atoms with van der Waals surface area (Å²) in [7, 11) is 3.81. The molecular weight excluding hydrogens is 328 g/mol. The first kappa shape index (κ1) is 18.0. The number of anilines is 1. The van der Waals surface area contributed by atoms with Gasteiger partial charge in [0.2, 0.25) is 0 Å². The highest BCUT2D eigenvalue weighted by molar-refractivity contribution is 6.30. The van der Waals surface area contributed by atoms with Crippen molar-refractivity contribution in [1.82, 2.24) is 15.6 Å². The fourth-order valence-electron chi connectivity index (χ4n) is 2.05. The molecule has 24 heavy (non-hydrogen) atoms. The SMILES string of the molecule is CN(C)c1cc(CNC(=O)NC[C@@H](O)c2ccc(Cl)cc2)ccn1. The fraction of sp³-hybridized carbons (Fsp3) is 0.294. The number of rotatable bonds is 6. The molecule has 0 saturated heterocycles. The zero-order valence-corrected chi connectivity index (χ0v) is 14.4. The molecule has 6 nitrogen and oxygen atoms in total. The molecule has 7 heteroatoms. The molecule has 0 spiro atoms. The number of aromatic nitrogens is 1. The van der Waals surface area contributed by atoms with Crippen molar-refractivity contribution in [3.63, 3.8) is 0 Å². The van der Waals surface area contributed by atoms with E-state index in [2.05, 4.69) is 15.6 Å². The molecule has 1 aromatic heterocycles. The summed E-state index contributed by atoms with van der Waals surface area (Å²) in [6, 6.07) is 10.3. The van der Waals surface area contributed by atoms with E-state index < -0.39 is 6.10 Å².